The molecule has 4 heterocycles. The quantitative estimate of drug-likeness (QED) is 0.498. The van der Waals surface area contributed by atoms with Gasteiger partial charge in [0, 0.05) is 13.1 Å². The summed E-state index contributed by atoms with van der Waals surface area (Å²) in [6, 6.07) is 0. The number of thiazole rings is 1. The highest BCUT2D eigenvalue weighted by Gasteiger charge is 2.24. The topological polar surface area (TPSA) is 123 Å². The smallest absolute Gasteiger partial charge is 0.350 e. The van der Waals surface area contributed by atoms with Crippen LogP contribution in [0.3, 0.4) is 0 Å². The first-order chi connectivity index (χ1) is 16.7. The molecule has 0 aromatic carbocycles. The largest absolute Gasteiger partial charge is 0.462 e. The number of hydrogen-bond donors (Lipinski definition) is 1. The average Bonchev–Trinajstić information content (AvgIpc) is 3.35. The Morgan fingerprint density at radius 2 is 2.00 bits per heavy atom. The van der Waals surface area contributed by atoms with E-state index in [0.29, 0.717) is 50.2 Å². The molecule has 3 aromatic heterocycles. The van der Waals surface area contributed by atoms with Crippen LogP contribution in [0.2, 0.25) is 0 Å². The maximum atomic E-state index is 13.2. The van der Waals surface area contributed by atoms with Crippen LogP contribution in [-0.2, 0) is 16.1 Å². The van der Waals surface area contributed by atoms with Crippen LogP contribution in [0, 0.1) is 19.8 Å². The van der Waals surface area contributed by atoms with Gasteiger partial charge in [-0.3, -0.25) is 24.3 Å². The second-order valence-corrected chi connectivity index (χ2v) is 10.6. The highest BCUT2D eigenvalue weighted by atomic mass is 32.1. The maximum Gasteiger partial charge on any atom is 0.350 e. The summed E-state index contributed by atoms with van der Waals surface area (Å²) in [7, 11) is 0. The number of anilines is 1. The predicted molar refractivity (Wildman–Crippen MR) is 134 cm³/mol. The maximum absolute atomic E-state index is 13.2. The van der Waals surface area contributed by atoms with Gasteiger partial charge in [-0.1, -0.05) is 18.3 Å². The van der Waals surface area contributed by atoms with Gasteiger partial charge < -0.3 is 9.64 Å². The molecule has 0 bridgehead atoms. The number of ether oxygens (including phenoxy) is 1. The fraction of sp³-hybridized carbons (Fsp3) is 0.478. The molecule has 1 atom stereocenters. The van der Waals surface area contributed by atoms with Crippen LogP contribution in [0.4, 0.5) is 5.13 Å². The second kappa shape index (κ2) is 10.2. The molecule has 2 amide bonds. The first kappa shape index (κ1) is 25.0. The van der Waals surface area contributed by atoms with Crippen LogP contribution in [0.5, 0.6) is 0 Å². The molecule has 0 aliphatic carbocycles. The molecule has 0 saturated carbocycles. The van der Waals surface area contributed by atoms with Gasteiger partial charge in [-0.25, -0.2) is 14.8 Å². The van der Waals surface area contributed by atoms with E-state index in [4.69, 9.17) is 4.74 Å². The fourth-order valence-corrected chi connectivity index (χ4v) is 6.03. The van der Waals surface area contributed by atoms with Crippen molar-refractivity contribution in [1.82, 2.24) is 19.4 Å². The fourth-order valence-electron chi connectivity index (χ4n) is 4.14. The molecule has 1 aliphatic heterocycles. The van der Waals surface area contributed by atoms with Crippen LogP contribution in [0.25, 0.3) is 10.2 Å². The van der Waals surface area contributed by atoms with Crippen molar-refractivity contribution >= 4 is 55.8 Å². The van der Waals surface area contributed by atoms with Crippen LogP contribution in [0.1, 0.15) is 57.3 Å². The van der Waals surface area contributed by atoms with E-state index in [1.165, 1.54) is 10.9 Å². The van der Waals surface area contributed by atoms with Crippen LogP contribution < -0.4 is 10.9 Å². The number of nitrogens with zero attached hydrogens (tertiary/aromatic N) is 4. The van der Waals surface area contributed by atoms with Crippen molar-refractivity contribution in [3.63, 3.8) is 0 Å². The zero-order chi connectivity index (χ0) is 25.3. The predicted octanol–water partition coefficient (Wildman–Crippen LogP) is 3.22. The minimum absolute atomic E-state index is 0.0830. The number of hydrogen-bond acceptors (Lipinski definition) is 9. The Morgan fingerprint density at radius 1 is 1.23 bits per heavy atom. The number of aryl methyl sites for hydroxylation is 2. The molecule has 0 spiro atoms. The molecular formula is C23H27N5O5S2. The third kappa shape index (κ3) is 5.13. The van der Waals surface area contributed by atoms with Gasteiger partial charge in [0.15, 0.2) is 5.13 Å². The number of carbonyl (C=O) groups excluding carboxylic acids is 3. The molecule has 12 heteroatoms. The molecule has 0 radical (unpaired) electrons. The highest BCUT2D eigenvalue weighted by Crippen LogP contribution is 2.29. The Bertz CT molecular complexity index is 1360. The number of piperidine rings is 1. The van der Waals surface area contributed by atoms with Crippen molar-refractivity contribution in [2.24, 2.45) is 5.92 Å². The van der Waals surface area contributed by atoms with Crippen molar-refractivity contribution in [3.05, 3.63) is 37.7 Å². The van der Waals surface area contributed by atoms with E-state index < -0.39 is 11.9 Å². The molecular weight excluding hydrogens is 490 g/mol. The number of nitrogens with one attached hydrogen (secondary N) is 1. The van der Waals surface area contributed by atoms with Crippen molar-refractivity contribution in [2.45, 2.75) is 47.1 Å². The number of fused-ring (bicyclic) bond motifs is 1. The van der Waals surface area contributed by atoms with Gasteiger partial charge >= 0.3 is 5.97 Å². The minimum Gasteiger partial charge on any atom is -0.462 e. The molecule has 10 nitrogen and oxygen atoms in total. The summed E-state index contributed by atoms with van der Waals surface area (Å²) in [5.74, 6) is -0.597. The summed E-state index contributed by atoms with van der Waals surface area (Å²) in [6.07, 6.45) is 3.42. The first-order valence-electron chi connectivity index (χ1n) is 11.4. The number of carbonyl (C=O) groups is 3. The third-order valence-corrected chi connectivity index (χ3v) is 8.17. The Hall–Kier alpha value is -3.12. The number of aromatic nitrogens is 3. The van der Waals surface area contributed by atoms with Crippen LogP contribution >= 0.6 is 22.7 Å². The lowest BCUT2D eigenvalue weighted by Crippen LogP contribution is -2.42. The van der Waals surface area contributed by atoms with Crippen LogP contribution in [-0.4, -0.2) is 56.9 Å². The number of rotatable bonds is 6. The number of esters is 1. The minimum atomic E-state index is -0.487. The lowest BCUT2D eigenvalue weighted by molar-refractivity contribution is -0.133. The van der Waals surface area contributed by atoms with Crippen molar-refractivity contribution in [2.75, 3.05) is 25.0 Å². The van der Waals surface area contributed by atoms with Crippen LogP contribution in [0.15, 0.2) is 11.1 Å². The average molecular weight is 518 g/mol. The Morgan fingerprint density at radius 3 is 2.71 bits per heavy atom. The molecule has 1 aliphatic rings. The van der Waals surface area contributed by atoms with E-state index in [2.05, 4.69) is 22.2 Å². The van der Waals surface area contributed by atoms with Gasteiger partial charge in [-0.15, -0.1) is 11.3 Å². The molecule has 1 fully saturated rings. The van der Waals surface area contributed by atoms with E-state index in [-0.39, 0.29) is 29.7 Å². The van der Waals surface area contributed by atoms with E-state index in [1.54, 1.807) is 25.7 Å². The summed E-state index contributed by atoms with van der Waals surface area (Å²) in [5.41, 5.74) is 0.609. The standard InChI is InChI=1S/C23H27N5O5S2/c1-5-33-22(32)18-14(4)25-23(35-18)26-19(30)17-13(3)16-20(34-17)24-11-28(21(16)31)10-15(29)27-8-6-7-12(2)9-27/h11-12H,5-10H2,1-4H3,(H,25,26,30). The lowest BCUT2D eigenvalue weighted by atomic mass is 10.0. The number of likely N-dealkylation sites (tertiary alicyclic amines) is 1. The van der Waals surface area contributed by atoms with Crippen molar-refractivity contribution in [3.8, 4) is 0 Å². The normalized spacial score (nSPS) is 15.9. The van der Waals surface area contributed by atoms with Gasteiger partial charge in [0.2, 0.25) is 5.91 Å². The number of thiophene rings is 1. The SMILES string of the molecule is CCOC(=O)c1sc(NC(=O)c2sc3ncn(CC(=O)N4CCCC(C)C4)c(=O)c3c2C)nc1C. The van der Waals surface area contributed by atoms with Gasteiger partial charge in [0.1, 0.15) is 16.3 Å². The molecule has 4 rings (SSSR count). The highest BCUT2D eigenvalue weighted by molar-refractivity contribution is 7.21. The van der Waals surface area contributed by atoms with Crippen molar-refractivity contribution in [1.29, 1.82) is 0 Å². The van der Waals surface area contributed by atoms with Gasteiger partial charge in [-0.05, 0) is 45.1 Å². The monoisotopic (exact) mass is 517 g/mol. The molecule has 1 saturated heterocycles. The Kier molecular flexibility index (Phi) is 7.31. The molecule has 1 N–H and O–H groups in total. The summed E-state index contributed by atoms with van der Waals surface area (Å²) in [5, 5.41) is 3.29. The second-order valence-electron chi connectivity index (χ2n) is 8.61. The van der Waals surface area contributed by atoms with Gasteiger partial charge in [-0.2, -0.15) is 0 Å². The molecule has 1 unspecified atom stereocenters. The van der Waals surface area contributed by atoms with E-state index in [0.717, 1.165) is 35.5 Å². The van der Waals surface area contributed by atoms with Gasteiger partial charge in [0.05, 0.1) is 28.9 Å². The molecule has 35 heavy (non-hydrogen) atoms. The van der Waals surface area contributed by atoms with E-state index in [9.17, 15) is 19.2 Å². The van der Waals surface area contributed by atoms with Gasteiger partial charge in [0.25, 0.3) is 11.5 Å². The van der Waals surface area contributed by atoms with E-state index in [1.807, 2.05) is 0 Å². The zero-order valence-electron chi connectivity index (χ0n) is 20.0. The molecule has 3 aromatic rings. The summed E-state index contributed by atoms with van der Waals surface area (Å²) >= 11 is 2.13. The number of amides is 2. The Balaban J connectivity index is 1.56. The Labute approximate surface area is 209 Å². The molecule has 186 valence electrons. The lowest BCUT2D eigenvalue weighted by Gasteiger charge is -2.31. The first-order valence-corrected chi connectivity index (χ1v) is 13.0. The summed E-state index contributed by atoms with van der Waals surface area (Å²) < 4.78 is 6.32. The van der Waals surface area contributed by atoms with Crippen molar-refractivity contribution < 1.29 is 19.1 Å². The van der Waals surface area contributed by atoms with E-state index >= 15 is 0 Å². The zero-order valence-corrected chi connectivity index (χ0v) is 21.7. The third-order valence-electron chi connectivity index (χ3n) is 5.92. The summed E-state index contributed by atoms with van der Waals surface area (Å²) in [6.45, 7) is 8.74. The summed E-state index contributed by atoms with van der Waals surface area (Å²) in [4.78, 5) is 62.4.